The van der Waals surface area contributed by atoms with E-state index in [9.17, 15) is 14.0 Å². The van der Waals surface area contributed by atoms with Gasteiger partial charge in [-0.15, -0.1) is 10.2 Å². The lowest BCUT2D eigenvalue weighted by molar-refractivity contribution is -0.113. The number of carbonyl (C=O) groups excluding carboxylic acids is 2. The topological polar surface area (TPSA) is 76.9 Å². The first-order chi connectivity index (χ1) is 16.0. The van der Waals surface area contributed by atoms with Crippen molar-refractivity contribution in [3.05, 3.63) is 95.8 Å². The minimum atomic E-state index is -0.390. The third-order valence-electron chi connectivity index (χ3n) is 4.90. The fourth-order valence-corrected chi connectivity index (χ4v) is 4.03. The summed E-state index contributed by atoms with van der Waals surface area (Å²) in [6.07, 6.45) is 0. The highest BCUT2D eigenvalue weighted by molar-refractivity contribution is 7.99. The molecule has 0 saturated heterocycles. The molecule has 1 aromatic heterocycles. The first-order valence-electron chi connectivity index (χ1n) is 10.3. The second-order valence-corrected chi connectivity index (χ2v) is 8.27. The summed E-state index contributed by atoms with van der Waals surface area (Å²) in [5.74, 6) is -0.237. The van der Waals surface area contributed by atoms with Crippen molar-refractivity contribution in [1.29, 1.82) is 0 Å². The molecule has 8 heteroatoms. The number of Topliss-reactive ketones (excluding diaryl/α,β-unsaturated/α-hetero) is 1. The van der Waals surface area contributed by atoms with Crippen LogP contribution >= 0.6 is 11.8 Å². The van der Waals surface area contributed by atoms with Gasteiger partial charge in [-0.05, 0) is 36.8 Å². The Hall–Kier alpha value is -3.78. The third kappa shape index (κ3) is 5.53. The van der Waals surface area contributed by atoms with E-state index in [0.29, 0.717) is 34.3 Å². The molecule has 6 nitrogen and oxygen atoms in total. The van der Waals surface area contributed by atoms with Crippen LogP contribution in [0.25, 0.3) is 11.4 Å². The monoisotopic (exact) mass is 460 g/mol. The molecule has 4 aromatic rings. The highest BCUT2D eigenvalue weighted by Gasteiger charge is 2.18. The van der Waals surface area contributed by atoms with Crippen molar-refractivity contribution in [3.63, 3.8) is 0 Å². The molecule has 166 valence electrons. The summed E-state index contributed by atoms with van der Waals surface area (Å²) in [5.41, 5.74) is 2.42. The maximum Gasteiger partial charge on any atom is 0.234 e. The van der Waals surface area contributed by atoms with Crippen molar-refractivity contribution in [2.75, 3.05) is 11.1 Å². The fourth-order valence-electron chi connectivity index (χ4n) is 3.29. The van der Waals surface area contributed by atoms with Gasteiger partial charge in [-0.25, -0.2) is 4.39 Å². The van der Waals surface area contributed by atoms with Gasteiger partial charge >= 0.3 is 0 Å². The molecule has 0 spiro atoms. The van der Waals surface area contributed by atoms with Gasteiger partial charge in [0.15, 0.2) is 16.8 Å². The number of hydrogen-bond acceptors (Lipinski definition) is 5. The number of hydrogen-bond donors (Lipinski definition) is 1. The molecule has 0 saturated carbocycles. The molecule has 0 aliphatic rings. The fraction of sp³-hybridized carbons (Fsp3) is 0.120. The minimum Gasteiger partial charge on any atom is -0.325 e. The van der Waals surface area contributed by atoms with E-state index >= 15 is 0 Å². The molecule has 4 rings (SSSR count). The standard InChI is InChI=1S/C25H21FN4O2S/c1-17(31)19-10-7-11-20(14-19)27-23(32)16-33-25-29-28-24(21-12-5-6-13-22(21)26)30(25)15-18-8-3-2-4-9-18/h2-14H,15-16H2,1H3,(H,27,32). The van der Waals surface area contributed by atoms with Gasteiger partial charge in [0.2, 0.25) is 5.91 Å². The van der Waals surface area contributed by atoms with E-state index in [2.05, 4.69) is 15.5 Å². The number of anilines is 1. The van der Waals surface area contributed by atoms with Gasteiger partial charge in [0, 0.05) is 11.3 Å². The van der Waals surface area contributed by atoms with Crippen LogP contribution in [0.1, 0.15) is 22.8 Å². The predicted octanol–water partition coefficient (Wildman–Crippen LogP) is 5.07. The van der Waals surface area contributed by atoms with E-state index < -0.39 is 0 Å². The lowest BCUT2D eigenvalue weighted by atomic mass is 10.1. The number of rotatable bonds is 8. The zero-order valence-electron chi connectivity index (χ0n) is 17.9. The molecule has 33 heavy (non-hydrogen) atoms. The van der Waals surface area contributed by atoms with Crippen molar-refractivity contribution >= 4 is 29.1 Å². The van der Waals surface area contributed by atoms with Crippen molar-refractivity contribution in [2.45, 2.75) is 18.6 Å². The van der Waals surface area contributed by atoms with Crippen LogP contribution in [0.4, 0.5) is 10.1 Å². The van der Waals surface area contributed by atoms with Crippen LogP contribution in [0.2, 0.25) is 0 Å². The van der Waals surface area contributed by atoms with Gasteiger partial charge in [0.25, 0.3) is 0 Å². The molecular weight excluding hydrogens is 439 g/mol. The Morgan fingerprint density at radius 2 is 1.73 bits per heavy atom. The van der Waals surface area contributed by atoms with Crippen LogP contribution in [-0.4, -0.2) is 32.2 Å². The Labute approximate surface area is 194 Å². The van der Waals surface area contributed by atoms with Crippen molar-refractivity contribution in [2.24, 2.45) is 0 Å². The second-order valence-electron chi connectivity index (χ2n) is 7.33. The Bertz CT molecular complexity index is 1290. The number of aromatic nitrogens is 3. The Morgan fingerprint density at radius 1 is 0.970 bits per heavy atom. The highest BCUT2D eigenvalue weighted by atomic mass is 32.2. The number of nitrogens with one attached hydrogen (secondary N) is 1. The van der Waals surface area contributed by atoms with Gasteiger partial charge in [0.05, 0.1) is 17.9 Å². The van der Waals surface area contributed by atoms with Crippen LogP contribution in [-0.2, 0) is 11.3 Å². The summed E-state index contributed by atoms with van der Waals surface area (Å²) in [7, 11) is 0. The number of carbonyl (C=O) groups is 2. The van der Waals surface area contributed by atoms with E-state index in [-0.39, 0.29) is 23.3 Å². The predicted molar refractivity (Wildman–Crippen MR) is 127 cm³/mol. The summed E-state index contributed by atoms with van der Waals surface area (Å²) in [5, 5.41) is 11.7. The van der Waals surface area contributed by atoms with Crippen molar-refractivity contribution < 1.29 is 14.0 Å². The SMILES string of the molecule is CC(=O)c1cccc(NC(=O)CSc2nnc(-c3ccccc3F)n2Cc2ccccc2)c1. The number of halogens is 1. The maximum absolute atomic E-state index is 14.5. The van der Waals surface area contributed by atoms with Crippen molar-refractivity contribution in [1.82, 2.24) is 14.8 Å². The molecular formula is C25H21FN4O2S. The van der Waals surface area contributed by atoms with Crippen LogP contribution < -0.4 is 5.32 Å². The molecule has 0 fully saturated rings. The van der Waals surface area contributed by atoms with Gasteiger partial charge in [-0.1, -0.05) is 66.4 Å². The third-order valence-corrected chi connectivity index (χ3v) is 5.87. The first-order valence-corrected chi connectivity index (χ1v) is 11.3. The number of ketones is 1. The van der Waals surface area contributed by atoms with Crippen LogP contribution in [0.15, 0.2) is 84.0 Å². The van der Waals surface area contributed by atoms with Gasteiger partial charge in [-0.3, -0.25) is 14.2 Å². The summed E-state index contributed by atoms with van der Waals surface area (Å²) < 4.78 is 16.3. The molecule has 0 radical (unpaired) electrons. The summed E-state index contributed by atoms with van der Waals surface area (Å²) in [4.78, 5) is 24.1. The molecule has 0 unspecified atom stereocenters. The average Bonchev–Trinajstić information content (AvgIpc) is 3.21. The maximum atomic E-state index is 14.5. The van der Waals surface area contributed by atoms with Crippen LogP contribution in [0, 0.1) is 5.82 Å². The molecule has 0 atom stereocenters. The first kappa shape index (κ1) is 22.4. The average molecular weight is 461 g/mol. The lowest BCUT2D eigenvalue weighted by Gasteiger charge is -2.11. The molecule has 0 bridgehead atoms. The largest absolute Gasteiger partial charge is 0.325 e. The van der Waals surface area contributed by atoms with Crippen LogP contribution in [0.3, 0.4) is 0 Å². The van der Waals surface area contributed by atoms with E-state index in [1.807, 2.05) is 34.9 Å². The normalized spacial score (nSPS) is 10.7. The smallest absolute Gasteiger partial charge is 0.234 e. The Kier molecular flexibility index (Phi) is 6.95. The molecule has 0 aliphatic carbocycles. The number of amides is 1. The molecule has 0 aliphatic heterocycles. The molecule has 1 N–H and O–H groups in total. The summed E-state index contributed by atoms with van der Waals surface area (Å²) in [6, 6.07) is 22.9. The minimum absolute atomic E-state index is 0.0739. The quantitative estimate of drug-likeness (QED) is 0.294. The number of nitrogens with zero attached hydrogens (tertiary/aromatic N) is 3. The number of benzene rings is 3. The van der Waals surface area contributed by atoms with Gasteiger partial charge < -0.3 is 5.32 Å². The Morgan fingerprint density at radius 3 is 2.48 bits per heavy atom. The summed E-state index contributed by atoms with van der Waals surface area (Å²) >= 11 is 1.21. The molecule has 3 aromatic carbocycles. The molecule has 1 amide bonds. The van der Waals surface area contributed by atoms with E-state index in [0.717, 1.165) is 5.56 Å². The van der Waals surface area contributed by atoms with Crippen LogP contribution in [0.5, 0.6) is 0 Å². The summed E-state index contributed by atoms with van der Waals surface area (Å²) in [6.45, 7) is 1.91. The van der Waals surface area contributed by atoms with Gasteiger partial charge in [-0.2, -0.15) is 0 Å². The van der Waals surface area contributed by atoms with E-state index in [4.69, 9.17) is 0 Å². The Balaban J connectivity index is 1.54. The van der Waals surface area contributed by atoms with E-state index in [1.165, 1.54) is 24.8 Å². The van der Waals surface area contributed by atoms with Crippen molar-refractivity contribution in [3.8, 4) is 11.4 Å². The zero-order chi connectivity index (χ0) is 23.2. The molecule has 1 heterocycles. The number of thioether (sulfide) groups is 1. The highest BCUT2D eigenvalue weighted by Crippen LogP contribution is 2.27. The second kappa shape index (κ2) is 10.2. The lowest BCUT2D eigenvalue weighted by Crippen LogP contribution is -2.15. The van der Waals surface area contributed by atoms with E-state index in [1.54, 1.807) is 42.5 Å². The van der Waals surface area contributed by atoms with Gasteiger partial charge in [0.1, 0.15) is 5.82 Å². The zero-order valence-corrected chi connectivity index (χ0v) is 18.7.